The Labute approximate surface area is 157 Å². The maximum atomic E-state index is 12.6. The molecule has 0 atom stereocenters. The molecule has 1 aromatic carbocycles. The van der Waals surface area contributed by atoms with Gasteiger partial charge in [-0.15, -0.1) is 11.8 Å². The number of amides is 1. The second kappa shape index (κ2) is 7.76. The van der Waals surface area contributed by atoms with E-state index in [2.05, 4.69) is 36.7 Å². The Morgan fingerprint density at radius 1 is 1.12 bits per heavy atom. The number of piperazine rings is 1. The number of hydrogen-bond donors (Lipinski definition) is 0. The lowest BCUT2D eigenvalue weighted by Crippen LogP contribution is -2.51. The van der Waals surface area contributed by atoms with Crippen molar-refractivity contribution in [3.63, 3.8) is 0 Å². The van der Waals surface area contributed by atoms with Crippen LogP contribution in [0.5, 0.6) is 0 Å². The number of sulfonamides is 1. The van der Waals surface area contributed by atoms with Crippen LogP contribution in [0.3, 0.4) is 0 Å². The number of carbonyl (C=O) groups is 1. The molecule has 0 bridgehead atoms. The third-order valence-electron chi connectivity index (χ3n) is 3.67. The molecule has 5 nitrogen and oxygen atoms in total. The largest absolute Gasteiger partial charge is 0.339 e. The van der Waals surface area contributed by atoms with Gasteiger partial charge in [-0.1, -0.05) is 36.7 Å². The number of carbonyl (C=O) groups excluding carboxylic acids is 1. The Morgan fingerprint density at radius 3 is 2.17 bits per heavy atom. The molecule has 0 unspecified atom stereocenters. The van der Waals surface area contributed by atoms with Crippen molar-refractivity contribution in [2.45, 2.75) is 30.4 Å². The molecule has 1 fully saturated rings. The summed E-state index contributed by atoms with van der Waals surface area (Å²) in [5, 5.41) is 0. The number of benzene rings is 1. The molecule has 1 saturated heterocycles. The maximum Gasteiger partial charge on any atom is 0.243 e. The van der Waals surface area contributed by atoms with Crippen molar-refractivity contribution < 1.29 is 13.2 Å². The van der Waals surface area contributed by atoms with Gasteiger partial charge in [-0.2, -0.15) is 4.31 Å². The predicted octanol–water partition coefficient (Wildman–Crippen LogP) is 2.81. The molecule has 1 aliphatic rings. The van der Waals surface area contributed by atoms with Crippen molar-refractivity contribution in [2.75, 3.05) is 31.9 Å². The van der Waals surface area contributed by atoms with Crippen molar-refractivity contribution in [3.8, 4) is 0 Å². The first kappa shape index (κ1) is 19.8. The molecule has 1 amide bonds. The van der Waals surface area contributed by atoms with Gasteiger partial charge in [0.15, 0.2) is 0 Å². The van der Waals surface area contributed by atoms with Crippen molar-refractivity contribution in [3.05, 3.63) is 28.7 Å². The van der Waals surface area contributed by atoms with Gasteiger partial charge < -0.3 is 4.90 Å². The fourth-order valence-electron chi connectivity index (χ4n) is 2.30. The lowest BCUT2D eigenvalue weighted by molar-refractivity contribution is -0.129. The first-order valence-corrected chi connectivity index (χ1v) is 11.0. The highest BCUT2D eigenvalue weighted by Crippen LogP contribution is 2.24. The molecular weight excluding hydrogens is 412 g/mol. The number of hydrogen-bond acceptors (Lipinski definition) is 4. The van der Waals surface area contributed by atoms with E-state index in [9.17, 15) is 13.2 Å². The zero-order chi connectivity index (χ0) is 18.0. The number of rotatable bonds is 4. The molecule has 1 heterocycles. The molecule has 8 heteroatoms. The molecule has 24 heavy (non-hydrogen) atoms. The van der Waals surface area contributed by atoms with E-state index >= 15 is 0 Å². The van der Waals surface area contributed by atoms with Gasteiger partial charge in [0.25, 0.3) is 0 Å². The monoisotopic (exact) mass is 434 g/mol. The van der Waals surface area contributed by atoms with Crippen LogP contribution in [-0.2, 0) is 14.8 Å². The summed E-state index contributed by atoms with van der Waals surface area (Å²) in [4.78, 5) is 14.3. The van der Waals surface area contributed by atoms with Crippen LogP contribution in [0, 0.1) is 0 Å². The van der Waals surface area contributed by atoms with Crippen molar-refractivity contribution in [1.29, 1.82) is 0 Å². The Hall–Kier alpha value is -0.570. The molecule has 0 aliphatic carbocycles. The summed E-state index contributed by atoms with van der Waals surface area (Å²) < 4.78 is 27.6. The molecule has 1 aliphatic heterocycles. The minimum Gasteiger partial charge on any atom is -0.339 e. The first-order valence-electron chi connectivity index (χ1n) is 7.77. The number of thioether (sulfide) groups is 1. The van der Waals surface area contributed by atoms with Crippen molar-refractivity contribution in [1.82, 2.24) is 9.21 Å². The predicted molar refractivity (Wildman–Crippen MR) is 102 cm³/mol. The number of halogens is 1. The quantitative estimate of drug-likeness (QED) is 0.730. The smallest absolute Gasteiger partial charge is 0.243 e. The topological polar surface area (TPSA) is 57.7 Å². The zero-order valence-corrected chi connectivity index (χ0v) is 17.4. The minimum atomic E-state index is -3.49. The third-order valence-corrected chi connectivity index (χ3v) is 7.37. The fraction of sp³-hybridized carbons (Fsp3) is 0.562. The van der Waals surface area contributed by atoms with E-state index in [1.54, 1.807) is 40.9 Å². The van der Waals surface area contributed by atoms with Gasteiger partial charge in [0.2, 0.25) is 15.9 Å². The van der Waals surface area contributed by atoms with Crippen LogP contribution in [0.1, 0.15) is 20.8 Å². The van der Waals surface area contributed by atoms with Gasteiger partial charge in [-0.3, -0.25) is 4.79 Å². The average molecular weight is 435 g/mol. The van der Waals surface area contributed by atoms with Gasteiger partial charge in [-0.05, 0) is 24.3 Å². The molecule has 0 aromatic heterocycles. The van der Waals surface area contributed by atoms with E-state index < -0.39 is 10.0 Å². The maximum absolute atomic E-state index is 12.6. The Balaban J connectivity index is 1.94. The van der Waals surface area contributed by atoms with Gasteiger partial charge in [-0.25, -0.2) is 8.42 Å². The lowest BCUT2D eigenvalue weighted by atomic mass is 10.3. The van der Waals surface area contributed by atoms with Crippen LogP contribution < -0.4 is 0 Å². The van der Waals surface area contributed by atoms with Gasteiger partial charge in [0.05, 0.1) is 10.6 Å². The Morgan fingerprint density at radius 2 is 1.67 bits per heavy atom. The van der Waals surface area contributed by atoms with Crippen LogP contribution in [0.15, 0.2) is 33.6 Å². The van der Waals surface area contributed by atoms with Crippen molar-refractivity contribution in [2.24, 2.45) is 0 Å². The van der Waals surface area contributed by atoms with E-state index in [-0.39, 0.29) is 15.5 Å². The van der Waals surface area contributed by atoms with Crippen LogP contribution >= 0.6 is 27.7 Å². The first-order chi connectivity index (χ1) is 11.1. The SMILES string of the molecule is CC(C)(C)SCC(=O)N1CCN(S(=O)(=O)c2ccc(Br)cc2)CC1. The van der Waals surface area contributed by atoms with Crippen LogP contribution in [0.25, 0.3) is 0 Å². The summed E-state index contributed by atoms with van der Waals surface area (Å²) in [7, 11) is -3.49. The van der Waals surface area contributed by atoms with Crippen LogP contribution in [-0.4, -0.2) is 60.2 Å². The molecule has 0 spiro atoms. The molecule has 2 rings (SSSR count). The Kier molecular flexibility index (Phi) is 6.39. The van der Waals surface area contributed by atoms with Gasteiger partial charge in [0.1, 0.15) is 0 Å². The lowest BCUT2D eigenvalue weighted by Gasteiger charge is -2.34. The summed E-state index contributed by atoms with van der Waals surface area (Å²) in [6.45, 7) is 7.79. The molecule has 134 valence electrons. The normalized spacial score (nSPS) is 17.1. The molecular formula is C16H23BrN2O3S2. The minimum absolute atomic E-state index is 0.0441. The summed E-state index contributed by atoms with van der Waals surface area (Å²) in [5.74, 6) is 0.513. The highest BCUT2D eigenvalue weighted by Gasteiger charge is 2.30. The summed E-state index contributed by atoms with van der Waals surface area (Å²) in [6.07, 6.45) is 0. The molecule has 0 radical (unpaired) electrons. The highest BCUT2D eigenvalue weighted by atomic mass is 79.9. The summed E-state index contributed by atoms with van der Waals surface area (Å²) >= 11 is 4.92. The second-order valence-electron chi connectivity index (χ2n) is 6.64. The standard InChI is InChI=1S/C16H23BrN2O3S2/c1-16(2,3)23-12-15(20)18-8-10-19(11-9-18)24(21,22)14-6-4-13(17)5-7-14/h4-7H,8-12H2,1-3H3. The average Bonchev–Trinajstić information content (AvgIpc) is 2.52. The van der Waals surface area contributed by atoms with E-state index in [1.165, 1.54) is 4.31 Å². The molecule has 0 N–H and O–H groups in total. The van der Waals surface area contributed by atoms with E-state index in [0.29, 0.717) is 31.9 Å². The molecule has 1 aromatic rings. The molecule has 0 saturated carbocycles. The highest BCUT2D eigenvalue weighted by molar-refractivity contribution is 9.10. The summed E-state index contributed by atoms with van der Waals surface area (Å²) in [6, 6.07) is 6.63. The van der Waals surface area contributed by atoms with Crippen LogP contribution in [0.2, 0.25) is 0 Å². The zero-order valence-electron chi connectivity index (χ0n) is 14.2. The second-order valence-corrected chi connectivity index (χ2v) is 11.3. The number of nitrogens with zero attached hydrogens (tertiary/aromatic N) is 2. The van der Waals surface area contributed by atoms with E-state index in [0.717, 1.165) is 4.47 Å². The Bertz CT molecular complexity index is 676. The van der Waals surface area contributed by atoms with Gasteiger partial charge >= 0.3 is 0 Å². The fourth-order valence-corrected chi connectivity index (χ4v) is 4.73. The third kappa shape index (κ3) is 5.21. The van der Waals surface area contributed by atoms with Crippen molar-refractivity contribution >= 4 is 43.6 Å². The summed E-state index contributed by atoms with van der Waals surface area (Å²) in [5.41, 5.74) is 0. The van der Waals surface area contributed by atoms with E-state index in [4.69, 9.17) is 0 Å². The van der Waals surface area contributed by atoms with Crippen LogP contribution in [0.4, 0.5) is 0 Å². The van der Waals surface area contributed by atoms with Gasteiger partial charge in [0, 0.05) is 35.4 Å². The van der Waals surface area contributed by atoms with E-state index in [1.807, 2.05) is 0 Å².